The summed E-state index contributed by atoms with van der Waals surface area (Å²) in [5.74, 6) is 0.637. The van der Waals surface area contributed by atoms with Crippen molar-refractivity contribution in [1.82, 2.24) is 14.5 Å². The minimum atomic E-state index is 0.637. The molecule has 11 rings (SSSR count). The molecule has 0 aliphatic heterocycles. The third kappa shape index (κ3) is 4.34. The second-order valence-electron chi connectivity index (χ2n) is 13.4. The fourth-order valence-corrected chi connectivity index (χ4v) is 8.01. The third-order valence-corrected chi connectivity index (χ3v) is 10.4. The minimum Gasteiger partial charge on any atom is -0.456 e. The molecule has 0 atom stereocenters. The van der Waals surface area contributed by atoms with Crippen LogP contribution in [0.4, 0.5) is 0 Å². The van der Waals surface area contributed by atoms with E-state index in [0.717, 1.165) is 77.0 Å². The highest BCUT2D eigenvalue weighted by Gasteiger charge is 2.22. The van der Waals surface area contributed by atoms with Crippen LogP contribution in [0.1, 0.15) is 0 Å². The Kier molecular flexibility index (Phi) is 6.22. The quantitative estimate of drug-likeness (QED) is 0.188. The number of fused-ring (bicyclic) bond motifs is 8. The molecular weight excluding hydrogens is 635 g/mol. The van der Waals surface area contributed by atoms with E-state index in [1.807, 2.05) is 18.2 Å². The second-order valence-corrected chi connectivity index (χ2v) is 13.4. The summed E-state index contributed by atoms with van der Waals surface area (Å²) in [7, 11) is 0. The SMILES string of the molecule is c1ccc(-c2ccc(-c3nc(-n4c5ccccc5c5cc6ccccc6c(-c6ccc7oc8ccccc8c7c6)c54)nc4ccccc34)cc2)cc1. The molecule has 0 fully saturated rings. The number of hydrogen-bond acceptors (Lipinski definition) is 3. The number of para-hydroxylation sites is 3. The Morgan fingerprint density at radius 2 is 1.04 bits per heavy atom. The predicted molar refractivity (Wildman–Crippen MR) is 215 cm³/mol. The summed E-state index contributed by atoms with van der Waals surface area (Å²) in [6.07, 6.45) is 0. The van der Waals surface area contributed by atoms with Crippen LogP contribution in [-0.2, 0) is 0 Å². The Labute approximate surface area is 298 Å². The number of hydrogen-bond donors (Lipinski definition) is 0. The molecule has 8 aromatic carbocycles. The molecule has 0 bridgehead atoms. The molecule has 0 N–H and O–H groups in total. The van der Waals surface area contributed by atoms with Crippen LogP contribution in [0.25, 0.3) is 105 Å². The Morgan fingerprint density at radius 3 is 1.90 bits per heavy atom. The van der Waals surface area contributed by atoms with E-state index in [-0.39, 0.29) is 0 Å². The zero-order valence-corrected chi connectivity index (χ0v) is 28.0. The monoisotopic (exact) mass is 663 g/mol. The molecule has 3 heterocycles. The van der Waals surface area contributed by atoms with Crippen molar-refractivity contribution in [2.75, 3.05) is 0 Å². The van der Waals surface area contributed by atoms with Gasteiger partial charge in [-0.25, -0.2) is 9.97 Å². The van der Waals surface area contributed by atoms with Crippen molar-refractivity contribution in [1.29, 1.82) is 0 Å². The van der Waals surface area contributed by atoms with Gasteiger partial charge in [0.2, 0.25) is 5.95 Å². The van der Waals surface area contributed by atoms with Gasteiger partial charge in [0, 0.05) is 38.1 Å². The second kappa shape index (κ2) is 11.2. The van der Waals surface area contributed by atoms with Crippen molar-refractivity contribution in [2.45, 2.75) is 0 Å². The smallest absolute Gasteiger partial charge is 0.235 e. The summed E-state index contributed by atoms with van der Waals surface area (Å²) < 4.78 is 8.54. The maximum absolute atomic E-state index is 6.26. The van der Waals surface area contributed by atoms with E-state index in [1.165, 1.54) is 21.9 Å². The molecule has 4 heteroatoms. The van der Waals surface area contributed by atoms with E-state index in [1.54, 1.807) is 0 Å². The van der Waals surface area contributed by atoms with E-state index >= 15 is 0 Å². The lowest BCUT2D eigenvalue weighted by atomic mass is 9.94. The topological polar surface area (TPSA) is 43.9 Å². The van der Waals surface area contributed by atoms with Gasteiger partial charge in [0.15, 0.2) is 0 Å². The molecule has 0 unspecified atom stereocenters. The molecular formula is C48H29N3O. The number of nitrogens with zero attached hydrogens (tertiary/aromatic N) is 3. The number of furan rings is 1. The first-order valence-corrected chi connectivity index (χ1v) is 17.6. The zero-order chi connectivity index (χ0) is 34.2. The molecule has 52 heavy (non-hydrogen) atoms. The van der Waals surface area contributed by atoms with Crippen molar-refractivity contribution in [3.05, 3.63) is 176 Å². The van der Waals surface area contributed by atoms with Gasteiger partial charge in [0.05, 0.1) is 22.2 Å². The van der Waals surface area contributed by atoms with Gasteiger partial charge >= 0.3 is 0 Å². The highest BCUT2D eigenvalue weighted by Crippen LogP contribution is 2.44. The fraction of sp³-hybridized carbons (Fsp3) is 0. The molecule has 242 valence electrons. The van der Waals surface area contributed by atoms with Crippen LogP contribution < -0.4 is 0 Å². The Balaban J connectivity index is 1.23. The Hall–Kier alpha value is -7.04. The molecule has 11 aromatic rings. The molecule has 0 radical (unpaired) electrons. The van der Waals surface area contributed by atoms with Crippen LogP contribution in [0.15, 0.2) is 180 Å². The van der Waals surface area contributed by atoms with Gasteiger partial charge in [-0.15, -0.1) is 0 Å². The highest BCUT2D eigenvalue weighted by atomic mass is 16.3. The first kappa shape index (κ1) is 28.8. The van der Waals surface area contributed by atoms with E-state index in [4.69, 9.17) is 14.4 Å². The average Bonchev–Trinajstić information content (AvgIpc) is 3.75. The first-order chi connectivity index (χ1) is 25.8. The summed E-state index contributed by atoms with van der Waals surface area (Å²) >= 11 is 0. The lowest BCUT2D eigenvalue weighted by molar-refractivity contribution is 0.669. The van der Waals surface area contributed by atoms with Gasteiger partial charge in [0.25, 0.3) is 0 Å². The lowest BCUT2D eigenvalue weighted by Gasteiger charge is -2.15. The van der Waals surface area contributed by atoms with E-state index in [9.17, 15) is 0 Å². The maximum atomic E-state index is 6.26. The standard InChI is InChI=1S/C48H29N3O/c1-2-12-30(13-3-1)31-22-24-32(25-23-31)46-38-18-6-9-19-41(38)49-48(50-46)51-42-20-10-7-16-36(42)40-28-33-14-4-5-15-35(33)45(47(40)51)34-26-27-44-39(29-34)37-17-8-11-21-43(37)52-44/h1-29H. The van der Waals surface area contributed by atoms with Crippen LogP contribution in [0, 0.1) is 0 Å². The van der Waals surface area contributed by atoms with E-state index in [0.29, 0.717) is 5.95 Å². The van der Waals surface area contributed by atoms with Crippen LogP contribution in [0.3, 0.4) is 0 Å². The minimum absolute atomic E-state index is 0.637. The normalized spacial score (nSPS) is 11.8. The summed E-state index contributed by atoms with van der Waals surface area (Å²) in [4.78, 5) is 10.8. The largest absolute Gasteiger partial charge is 0.456 e. The average molecular weight is 664 g/mol. The van der Waals surface area contributed by atoms with Crippen molar-refractivity contribution in [3.8, 4) is 39.5 Å². The van der Waals surface area contributed by atoms with Crippen molar-refractivity contribution >= 4 is 65.4 Å². The fourth-order valence-electron chi connectivity index (χ4n) is 8.01. The Bertz CT molecular complexity index is 3170. The third-order valence-electron chi connectivity index (χ3n) is 10.4. The predicted octanol–water partition coefficient (Wildman–Crippen LogP) is 12.8. The van der Waals surface area contributed by atoms with Crippen LogP contribution in [0.2, 0.25) is 0 Å². The summed E-state index contributed by atoms with van der Waals surface area (Å²) in [6, 6.07) is 62.0. The van der Waals surface area contributed by atoms with Crippen molar-refractivity contribution < 1.29 is 4.42 Å². The first-order valence-electron chi connectivity index (χ1n) is 17.6. The van der Waals surface area contributed by atoms with Crippen molar-refractivity contribution in [2.24, 2.45) is 0 Å². The molecule has 3 aromatic heterocycles. The maximum Gasteiger partial charge on any atom is 0.235 e. The molecule has 0 aliphatic rings. The molecule has 0 spiro atoms. The van der Waals surface area contributed by atoms with Gasteiger partial charge in [-0.3, -0.25) is 4.57 Å². The molecule has 0 saturated heterocycles. The number of benzene rings is 8. The van der Waals surface area contributed by atoms with E-state index in [2.05, 4.69) is 162 Å². The van der Waals surface area contributed by atoms with E-state index < -0.39 is 0 Å². The number of rotatable bonds is 4. The number of aromatic nitrogens is 3. The van der Waals surface area contributed by atoms with Crippen LogP contribution >= 0.6 is 0 Å². The summed E-state index contributed by atoms with van der Waals surface area (Å²) in [5.41, 5.74) is 11.4. The van der Waals surface area contributed by atoms with Gasteiger partial charge in [-0.05, 0) is 63.9 Å². The Morgan fingerprint density at radius 1 is 0.404 bits per heavy atom. The molecule has 0 aliphatic carbocycles. The van der Waals surface area contributed by atoms with Gasteiger partial charge in [-0.2, -0.15) is 0 Å². The lowest BCUT2D eigenvalue weighted by Crippen LogP contribution is -2.04. The highest BCUT2D eigenvalue weighted by molar-refractivity contribution is 6.22. The van der Waals surface area contributed by atoms with Gasteiger partial charge in [0.1, 0.15) is 11.2 Å². The van der Waals surface area contributed by atoms with Crippen molar-refractivity contribution in [3.63, 3.8) is 0 Å². The molecule has 0 saturated carbocycles. The van der Waals surface area contributed by atoms with Crippen LogP contribution in [-0.4, -0.2) is 14.5 Å². The zero-order valence-electron chi connectivity index (χ0n) is 28.0. The molecule has 4 nitrogen and oxygen atoms in total. The van der Waals surface area contributed by atoms with Gasteiger partial charge < -0.3 is 4.42 Å². The summed E-state index contributed by atoms with van der Waals surface area (Å²) in [6.45, 7) is 0. The van der Waals surface area contributed by atoms with Gasteiger partial charge in [-0.1, -0.05) is 140 Å². The molecule has 0 amide bonds. The summed E-state index contributed by atoms with van der Waals surface area (Å²) in [5, 5.41) is 7.89. The van der Waals surface area contributed by atoms with Crippen LogP contribution in [0.5, 0.6) is 0 Å².